The number of nitrogens with two attached hydrogens (primary N) is 1. The van der Waals surface area contributed by atoms with E-state index in [0.29, 0.717) is 23.5 Å². The number of fused-ring (bicyclic) bond motifs is 1. The minimum atomic E-state index is -4.00. The quantitative estimate of drug-likeness (QED) is 0.645. The molecule has 1 aliphatic heterocycles. The van der Waals surface area contributed by atoms with Crippen molar-refractivity contribution in [2.24, 2.45) is 5.73 Å². The van der Waals surface area contributed by atoms with Crippen molar-refractivity contribution in [3.63, 3.8) is 0 Å². The first kappa shape index (κ1) is 20.8. The number of benzene rings is 3. The van der Waals surface area contributed by atoms with Gasteiger partial charge >= 0.3 is 6.09 Å². The Hall–Kier alpha value is -3.43. The lowest BCUT2D eigenvalue weighted by atomic mass is 10.00. The van der Waals surface area contributed by atoms with E-state index in [1.54, 1.807) is 12.1 Å². The van der Waals surface area contributed by atoms with Gasteiger partial charge in [-0.3, -0.25) is 0 Å². The number of hydrogen-bond acceptors (Lipinski definition) is 5. The van der Waals surface area contributed by atoms with Crippen molar-refractivity contribution in [2.45, 2.75) is 17.5 Å². The van der Waals surface area contributed by atoms with Crippen molar-refractivity contribution in [3.8, 4) is 11.5 Å². The van der Waals surface area contributed by atoms with Crippen molar-refractivity contribution >= 4 is 16.1 Å². The second-order valence-electron chi connectivity index (χ2n) is 6.88. The Morgan fingerprint density at radius 3 is 2.23 bits per heavy atom. The summed E-state index contributed by atoms with van der Waals surface area (Å²) in [4.78, 5) is 11.5. The molecular weight excluding hydrogens is 423 g/mol. The Bertz CT molecular complexity index is 1200. The average molecular weight is 442 g/mol. The van der Waals surface area contributed by atoms with Crippen LogP contribution in [0.3, 0.4) is 0 Å². The van der Waals surface area contributed by atoms with Crippen LogP contribution in [0.1, 0.15) is 17.4 Å². The monoisotopic (exact) mass is 442 g/mol. The van der Waals surface area contributed by atoms with Crippen LogP contribution >= 0.6 is 0 Å². The third kappa shape index (κ3) is 4.37. The molecule has 1 atom stereocenters. The molecule has 3 aromatic rings. The molecule has 7 nitrogen and oxygen atoms in total. The molecule has 2 N–H and O–H groups in total. The van der Waals surface area contributed by atoms with Gasteiger partial charge in [0.15, 0.2) is 6.23 Å². The fourth-order valence-corrected chi connectivity index (χ4v) is 4.93. The van der Waals surface area contributed by atoms with Gasteiger partial charge in [0.1, 0.15) is 17.3 Å². The summed E-state index contributed by atoms with van der Waals surface area (Å²) in [6, 6.07) is 18.4. The van der Waals surface area contributed by atoms with Crippen molar-refractivity contribution in [1.29, 1.82) is 0 Å². The van der Waals surface area contributed by atoms with Crippen LogP contribution in [-0.4, -0.2) is 25.4 Å². The summed E-state index contributed by atoms with van der Waals surface area (Å²) in [6.07, 6.45) is -1.74. The Morgan fingerprint density at radius 2 is 1.58 bits per heavy atom. The van der Waals surface area contributed by atoms with Gasteiger partial charge in [-0.1, -0.05) is 24.3 Å². The van der Waals surface area contributed by atoms with Gasteiger partial charge in [-0.05, 0) is 60.5 Å². The minimum absolute atomic E-state index is 0.0106. The number of hydrogen-bond donors (Lipinski definition) is 1. The molecule has 0 fully saturated rings. The number of halogens is 1. The van der Waals surface area contributed by atoms with Crippen LogP contribution in [0.25, 0.3) is 0 Å². The van der Waals surface area contributed by atoms with Crippen LogP contribution in [0.4, 0.5) is 9.18 Å². The number of nitrogens with zero attached hydrogens (tertiary/aromatic N) is 1. The van der Waals surface area contributed by atoms with E-state index in [1.807, 2.05) is 12.1 Å². The third-order valence-electron chi connectivity index (χ3n) is 4.89. The summed E-state index contributed by atoms with van der Waals surface area (Å²) >= 11 is 0. The molecule has 1 aliphatic rings. The first-order valence-corrected chi connectivity index (χ1v) is 10.9. The number of primary amides is 1. The third-order valence-corrected chi connectivity index (χ3v) is 6.75. The smallest absolute Gasteiger partial charge is 0.406 e. The van der Waals surface area contributed by atoms with Crippen molar-refractivity contribution in [2.75, 3.05) is 6.54 Å². The number of rotatable bonds is 5. The van der Waals surface area contributed by atoms with Gasteiger partial charge in [0, 0.05) is 12.1 Å². The van der Waals surface area contributed by atoms with Gasteiger partial charge < -0.3 is 15.2 Å². The van der Waals surface area contributed by atoms with Crippen LogP contribution in [0.15, 0.2) is 77.7 Å². The van der Waals surface area contributed by atoms with E-state index in [9.17, 15) is 17.6 Å². The summed E-state index contributed by atoms with van der Waals surface area (Å²) in [6.45, 7) is 0.130. The number of carbonyl (C=O) groups excluding carboxylic acids is 1. The minimum Gasteiger partial charge on any atom is -0.457 e. The summed E-state index contributed by atoms with van der Waals surface area (Å²) in [5.41, 5.74) is 6.67. The molecule has 0 radical (unpaired) electrons. The van der Waals surface area contributed by atoms with E-state index in [0.717, 1.165) is 9.87 Å². The molecule has 0 saturated carbocycles. The molecule has 0 aliphatic carbocycles. The first-order chi connectivity index (χ1) is 14.8. The van der Waals surface area contributed by atoms with Crippen LogP contribution in [0.2, 0.25) is 0 Å². The zero-order chi connectivity index (χ0) is 22.0. The van der Waals surface area contributed by atoms with Crippen molar-refractivity contribution < 1.29 is 27.1 Å². The zero-order valence-corrected chi connectivity index (χ0v) is 17.1. The van der Waals surface area contributed by atoms with E-state index in [4.69, 9.17) is 15.2 Å². The highest BCUT2D eigenvalue weighted by molar-refractivity contribution is 7.89. The van der Waals surface area contributed by atoms with Crippen molar-refractivity contribution in [1.82, 2.24) is 4.31 Å². The molecule has 160 valence electrons. The molecule has 0 bridgehead atoms. The highest BCUT2D eigenvalue weighted by atomic mass is 32.2. The van der Waals surface area contributed by atoms with E-state index >= 15 is 0 Å². The molecule has 0 spiro atoms. The van der Waals surface area contributed by atoms with Gasteiger partial charge in [0.05, 0.1) is 4.90 Å². The van der Waals surface area contributed by atoms with Crippen LogP contribution in [0, 0.1) is 5.82 Å². The number of carbonyl (C=O) groups is 1. The Balaban J connectivity index is 1.61. The largest absolute Gasteiger partial charge is 0.457 e. The lowest BCUT2D eigenvalue weighted by molar-refractivity contribution is 0.0295. The topological polar surface area (TPSA) is 98.9 Å². The van der Waals surface area contributed by atoms with Gasteiger partial charge in [-0.15, -0.1) is 0 Å². The van der Waals surface area contributed by atoms with E-state index in [1.165, 1.54) is 48.5 Å². The maximum absolute atomic E-state index is 13.3. The molecule has 1 heterocycles. The molecule has 9 heteroatoms. The van der Waals surface area contributed by atoms with E-state index < -0.39 is 22.3 Å². The second kappa shape index (κ2) is 8.37. The molecular formula is C22H19FN2O5S. The number of amides is 1. The molecule has 0 aromatic heterocycles. The van der Waals surface area contributed by atoms with Crippen LogP contribution in [0.5, 0.6) is 11.5 Å². The Kier molecular flexibility index (Phi) is 5.62. The predicted octanol–water partition coefficient (Wildman–Crippen LogP) is 3.96. The fraction of sp³-hybridized carbons (Fsp3) is 0.136. The number of ether oxygens (including phenoxy) is 2. The molecule has 0 saturated heterocycles. The molecule has 31 heavy (non-hydrogen) atoms. The lowest BCUT2D eigenvalue weighted by Gasteiger charge is -2.35. The van der Waals surface area contributed by atoms with Crippen molar-refractivity contribution in [3.05, 3.63) is 89.7 Å². The molecule has 4 rings (SSSR count). The summed E-state index contributed by atoms with van der Waals surface area (Å²) < 4.78 is 51.5. The summed E-state index contributed by atoms with van der Waals surface area (Å²) in [5.74, 6) is 0.420. The predicted molar refractivity (Wildman–Crippen MR) is 110 cm³/mol. The standard InChI is InChI=1S/C22H19FN2O5S/c23-16-5-7-17(8-6-16)29-18-9-11-19(12-10-18)31(27,28)25-14-13-15-3-1-2-4-20(15)21(25)30-22(24)26/h1-12,21H,13-14H2,(H2,24,26)/t21-/m1/s1. The van der Waals surface area contributed by atoms with Gasteiger partial charge in [0.25, 0.3) is 0 Å². The van der Waals surface area contributed by atoms with E-state index in [-0.39, 0.29) is 17.3 Å². The SMILES string of the molecule is NC(=O)O[C@@H]1c2ccccc2CCN1S(=O)(=O)c1ccc(Oc2ccc(F)cc2)cc1. The Morgan fingerprint density at radius 1 is 0.968 bits per heavy atom. The number of sulfonamides is 1. The van der Waals surface area contributed by atoms with E-state index in [2.05, 4.69) is 0 Å². The van der Waals surface area contributed by atoms with Crippen LogP contribution in [-0.2, 0) is 21.2 Å². The highest BCUT2D eigenvalue weighted by Crippen LogP contribution is 2.35. The van der Waals surface area contributed by atoms with Gasteiger partial charge in [-0.2, -0.15) is 4.31 Å². The normalized spacial score (nSPS) is 16.4. The average Bonchev–Trinajstić information content (AvgIpc) is 2.75. The Labute approximate surface area is 178 Å². The van der Waals surface area contributed by atoms with Crippen LogP contribution < -0.4 is 10.5 Å². The lowest BCUT2D eigenvalue weighted by Crippen LogP contribution is -2.42. The summed E-state index contributed by atoms with van der Waals surface area (Å²) in [5, 5.41) is 0. The maximum Gasteiger partial charge on any atom is 0.406 e. The molecule has 1 amide bonds. The first-order valence-electron chi connectivity index (χ1n) is 9.44. The molecule has 0 unspecified atom stereocenters. The zero-order valence-electron chi connectivity index (χ0n) is 16.3. The summed E-state index contributed by atoms with van der Waals surface area (Å²) in [7, 11) is -4.00. The fourth-order valence-electron chi connectivity index (χ4n) is 3.44. The van der Waals surface area contributed by atoms with Gasteiger partial charge in [-0.25, -0.2) is 17.6 Å². The second-order valence-corrected chi connectivity index (χ2v) is 8.77. The molecule has 3 aromatic carbocycles. The highest BCUT2D eigenvalue weighted by Gasteiger charge is 2.38. The maximum atomic E-state index is 13.3. The van der Waals surface area contributed by atoms with Gasteiger partial charge in [0.2, 0.25) is 10.0 Å².